The van der Waals surface area contributed by atoms with E-state index in [1.165, 1.54) is 18.3 Å². The van der Waals surface area contributed by atoms with E-state index in [-0.39, 0.29) is 5.91 Å². The number of thiophene rings is 1. The normalized spacial score (nSPS) is 18.5. The maximum absolute atomic E-state index is 12.0. The standard InChI is InChI=1S/C20H31BN2O5S/c1-13(24)22-11-15(21-27-19(5,6)20(7,8)28-21)9-14-10-16(29-12-14)23-17(25)26-18(2,3)4/h9-10,12H,11H2,1-8H3,(H,22,24)(H,23,25). The number of carbonyl (C=O) groups is 2. The molecule has 2 N–H and O–H groups in total. The van der Waals surface area contributed by atoms with Crippen molar-refractivity contribution in [1.82, 2.24) is 5.32 Å². The third kappa shape index (κ3) is 6.59. The Balaban J connectivity index is 2.18. The molecule has 1 fully saturated rings. The summed E-state index contributed by atoms with van der Waals surface area (Å²) in [6.07, 6.45) is 1.41. The summed E-state index contributed by atoms with van der Waals surface area (Å²) >= 11 is 1.39. The lowest BCUT2D eigenvalue weighted by atomic mass is 9.77. The Morgan fingerprint density at radius 1 is 1.21 bits per heavy atom. The molecular formula is C20H31BN2O5S. The summed E-state index contributed by atoms with van der Waals surface area (Å²) in [5.74, 6) is -0.134. The largest absolute Gasteiger partial charge is 0.492 e. The van der Waals surface area contributed by atoms with Gasteiger partial charge < -0.3 is 19.4 Å². The Labute approximate surface area is 177 Å². The second kappa shape index (κ2) is 8.49. The molecule has 0 bridgehead atoms. The molecule has 1 aromatic rings. The summed E-state index contributed by atoms with van der Waals surface area (Å²) in [4.78, 5) is 23.4. The first-order chi connectivity index (χ1) is 13.2. The van der Waals surface area contributed by atoms with Crippen LogP contribution in [0.15, 0.2) is 16.9 Å². The Morgan fingerprint density at radius 3 is 2.31 bits per heavy atom. The molecule has 0 unspecified atom stereocenters. The number of anilines is 1. The Morgan fingerprint density at radius 2 is 1.79 bits per heavy atom. The monoisotopic (exact) mass is 422 g/mol. The van der Waals surface area contributed by atoms with E-state index >= 15 is 0 Å². The quantitative estimate of drug-likeness (QED) is 0.693. The first-order valence-corrected chi connectivity index (χ1v) is 10.5. The van der Waals surface area contributed by atoms with E-state index < -0.39 is 30.0 Å². The van der Waals surface area contributed by atoms with Crippen LogP contribution >= 0.6 is 11.3 Å². The zero-order valence-electron chi connectivity index (χ0n) is 18.5. The highest BCUT2D eigenvalue weighted by Gasteiger charge is 2.52. The van der Waals surface area contributed by atoms with Crippen molar-refractivity contribution in [2.75, 3.05) is 11.9 Å². The van der Waals surface area contributed by atoms with Crippen LogP contribution in [0.1, 0.15) is 61.0 Å². The van der Waals surface area contributed by atoms with E-state index in [0.717, 1.165) is 11.0 Å². The van der Waals surface area contributed by atoms with E-state index in [2.05, 4.69) is 10.6 Å². The molecule has 1 aliphatic heterocycles. The predicted molar refractivity (Wildman–Crippen MR) is 117 cm³/mol. The van der Waals surface area contributed by atoms with Gasteiger partial charge in [-0.2, -0.15) is 0 Å². The first kappa shape index (κ1) is 23.4. The third-order valence-electron chi connectivity index (χ3n) is 4.69. The van der Waals surface area contributed by atoms with E-state index in [1.54, 1.807) is 0 Å². The van der Waals surface area contributed by atoms with Crippen LogP contribution in [-0.2, 0) is 18.8 Å². The highest BCUT2D eigenvalue weighted by atomic mass is 32.1. The van der Waals surface area contributed by atoms with Crippen LogP contribution in [0, 0.1) is 0 Å². The average molecular weight is 422 g/mol. The number of rotatable bonds is 5. The number of ether oxygens (including phenoxy) is 1. The summed E-state index contributed by atoms with van der Waals surface area (Å²) in [7, 11) is -0.575. The molecule has 1 aliphatic rings. The fourth-order valence-electron chi connectivity index (χ4n) is 2.53. The first-order valence-electron chi connectivity index (χ1n) is 9.58. The van der Waals surface area contributed by atoms with Crippen molar-refractivity contribution in [3.8, 4) is 0 Å². The molecule has 0 spiro atoms. The molecule has 7 nitrogen and oxygen atoms in total. The number of hydrogen-bond acceptors (Lipinski definition) is 6. The lowest BCUT2D eigenvalue weighted by molar-refractivity contribution is -0.118. The SMILES string of the molecule is CC(=O)NCC(=Cc1csc(NC(=O)OC(C)(C)C)c1)B1OC(C)(C)C(C)(C)O1. The van der Waals surface area contributed by atoms with Crippen LogP contribution in [0.5, 0.6) is 0 Å². The highest BCUT2D eigenvalue weighted by molar-refractivity contribution is 7.14. The molecule has 0 atom stereocenters. The smallest absolute Gasteiger partial charge is 0.444 e. The fourth-order valence-corrected chi connectivity index (χ4v) is 3.28. The zero-order valence-corrected chi connectivity index (χ0v) is 19.3. The van der Waals surface area contributed by atoms with Gasteiger partial charge in [-0.3, -0.25) is 10.1 Å². The topological polar surface area (TPSA) is 85.9 Å². The van der Waals surface area contributed by atoms with E-state index in [4.69, 9.17) is 14.0 Å². The Hall–Kier alpha value is -1.84. The lowest BCUT2D eigenvalue weighted by Crippen LogP contribution is -2.41. The molecule has 0 aliphatic carbocycles. The number of amides is 2. The van der Waals surface area contributed by atoms with Crippen LogP contribution in [0.2, 0.25) is 0 Å². The van der Waals surface area contributed by atoms with Crippen molar-refractivity contribution in [3.05, 3.63) is 22.5 Å². The van der Waals surface area contributed by atoms with E-state index in [9.17, 15) is 9.59 Å². The van der Waals surface area contributed by atoms with Gasteiger partial charge in [0, 0.05) is 18.8 Å². The van der Waals surface area contributed by atoms with Gasteiger partial charge in [0.15, 0.2) is 0 Å². The second-order valence-electron chi connectivity index (χ2n) is 9.09. The third-order valence-corrected chi connectivity index (χ3v) is 5.56. The van der Waals surface area contributed by atoms with Gasteiger partial charge in [-0.05, 0) is 65.6 Å². The summed E-state index contributed by atoms with van der Waals surface area (Å²) in [6.45, 7) is 15.1. The van der Waals surface area contributed by atoms with Gasteiger partial charge in [-0.1, -0.05) is 6.08 Å². The average Bonchev–Trinajstić information content (AvgIpc) is 3.03. The van der Waals surface area contributed by atoms with Crippen molar-refractivity contribution in [3.63, 3.8) is 0 Å². The van der Waals surface area contributed by atoms with Crippen LogP contribution in [0.4, 0.5) is 9.80 Å². The molecule has 29 heavy (non-hydrogen) atoms. The molecule has 2 heterocycles. The van der Waals surface area contributed by atoms with Crippen molar-refractivity contribution >= 4 is 41.5 Å². The minimum atomic E-state index is -0.575. The van der Waals surface area contributed by atoms with Gasteiger partial charge in [-0.25, -0.2) is 4.79 Å². The van der Waals surface area contributed by atoms with E-state index in [0.29, 0.717) is 11.5 Å². The van der Waals surface area contributed by atoms with E-state index in [1.807, 2.05) is 66.0 Å². The van der Waals surface area contributed by atoms with Gasteiger partial charge in [0.25, 0.3) is 0 Å². The van der Waals surface area contributed by atoms with Gasteiger partial charge in [-0.15, -0.1) is 11.3 Å². The Bertz CT molecular complexity index is 779. The van der Waals surface area contributed by atoms with Gasteiger partial charge in [0.2, 0.25) is 5.91 Å². The molecule has 2 rings (SSSR count). The van der Waals surface area contributed by atoms with Crippen LogP contribution in [0.3, 0.4) is 0 Å². The maximum atomic E-state index is 12.0. The fraction of sp³-hybridized carbons (Fsp3) is 0.600. The van der Waals surface area contributed by atoms with Crippen molar-refractivity contribution < 1.29 is 23.6 Å². The van der Waals surface area contributed by atoms with Crippen molar-refractivity contribution in [2.24, 2.45) is 0 Å². The summed E-state index contributed by atoms with van der Waals surface area (Å²) in [5, 5.41) is 8.12. The lowest BCUT2D eigenvalue weighted by Gasteiger charge is -2.32. The van der Waals surface area contributed by atoms with Gasteiger partial charge in [0.05, 0.1) is 16.2 Å². The maximum Gasteiger partial charge on any atom is 0.492 e. The van der Waals surface area contributed by atoms with Gasteiger partial charge >= 0.3 is 13.2 Å². The summed E-state index contributed by atoms with van der Waals surface area (Å²) in [6, 6.07) is 1.84. The minimum absolute atomic E-state index is 0.134. The van der Waals surface area contributed by atoms with Crippen LogP contribution in [0.25, 0.3) is 6.08 Å². The molecule has 0 saturated carbocycles. The summed E-state index contributed by atoms with van der Waals surface area (Å²) < 4.78 is 17.5. The predicted octanol–water partition coefficient (Wildman–Crippen LogP) is 4.25. The molecule has 2 amide bonds. The minimum Gasteiger partial charge on any atom is -0.444 e. The second-order valence-corrected chi connectivity index (χ2v) is 10.00. The number of carbonyl (C=O) groups excluding carboxylic acids is 2. The van der Waals surface area contributed by atoms with Crippen molar-refractivity contribution in [1.29, 1.82) is 0 Å². The molecule has 1 saturated heterocycles. The molecule has 1 aromatic heterocycles. The zero-order chi connectivity index (χ0) is 22.0. The highest BCUT2D eigenvalue weighted by Crippen LogP contribution is 2.39. The number of nitrogens with one attached hydrogen (secondary N) is 2. The molecular weight excluding hydrogens is 391 g/mol. The molecule has 0 aromatic carbocycles. The molecule has 9 heteroatoms. The van der Waals surface area contributed by atoms with Crippen LogP contribution in [-0.4, -0.2) is 42.5 Å². The summed E-state index contributed by atoms with van der Waals surface area (Å²) in [5.41, 5.74) is 0.138. The molecule has 0 radical (unpaired) electrons. The molecule has 160 valence electrons. The number of hydrogen-bond donors (Lipinski definition) is 2. The van der Waals surface area contributed by atoms with Gasteiger partial charge in [0.1, 0.15) is 5.60 Å². The van der Waals surface area contributed by atoms with Crippen LogP contribution < -0.4 is 10.6 Å². The van der Waals surface area contributed by atoms with Crippen molar-refractivity contribution in [2.45, 2.75) is 72.2 Å². The Kier molecular flexibility index (Phi) is 6.87.